The number of thioether (sulfide) groups is 1. The predicted molar refractivity (Wildman–Crippen MR) is 70.8 cm³/mol. The fourth-order valence-corrected chi connectivity index (χ4v) is 2.37. The highest BCUT2D eigenvalue weighted by atomic mass is 32.2. The normalized spacial score (nSPS) is 11.9. The average Bonchev–Trinajstić information content (AvgIpc) is 2.35. The molecular weight excluding hydrogens is 252 g/mol. The standard InChI is InChI=1S/C13H16O4S/c1-9(6-12(14)15)18-8-10-4-3-5-11(7-10)13(16)17-2/h3-5,7,9H,6,8H2,1-2H3,(H,14,15). The smallest absolute Gasteiger partial charge is 0.337 e. The molecule has 1 unspecified atom stereocenters. The van der Waals surface area contributed by atoms with Crippen molar-refractivity contribution in [2.24, 2.45) is 0 Å². The fraction of sp³-hybridized carbons (Fsp3) is 0.385. The number of methoxy groups -OCH3 is 1. The molecule has 98 valence electrons. The van der Waals surface area contributed by atoms with Gasteiger partial charge in [-0.1, -0.05) is 19.1 Å². The Bertz CT molecular complexity index is 431. The Balaban J connectivity index is 2.57. The first-order valence-corrected chi connectivity index (χ1v) is 6.58. The van der Waals surface area contributed by atoms with Gasteiger partial charge < -0.3 is 9.84 Å². The zero-order valence-corrected chi connectivity index (χ0v) is 11.2. The molecule has 1 atom stereocenters. The maximum atomic E-state index is 11.3. The van der Waals surface area contributed by atoms with Crippen molar-refractivity contribution >= 4 is 23.7 Å². The van der Waals surface area contributed by atoms with Crippen molar-refractivity contribution < 1.29 is 19.4 Å². The summed E-state index contributed by atoms with van der Waals surface area (Å²) in [6.45, 7) is 1.88. The second-order valence-electron chi connectivity index (χ2n) is 3.91. The van der Waals surface area contributed by atoms with Crippen LogP contribution < -0.4 is 0 Å². The lowest BCUT2D eigenvalue weighted by molar-refractivity contribution is -0.136. The van der Waals surface area contributed by atoms with E-state index in [4.69, 9.17) is 5.11 Å². The summed E-state index contributed by atoms with van der Waals surface area (Å²) in [4.78, 5) is 21.9. The number of hydrogen-bond acceptors (Lipinski definition) is 4. The number of carbonyl (C=O) groups is 2. The predicted octanol–water partition coefficient (Wildman–Crippen LogP) is 2.57. The molecule has 0 saturated carbocycles. The quantitative estimate of drug-likeness (QED) is 0.803. The monoisotopic (exact) mass is 268 g/mol. The first-order valence-electron chi connectivity index (χ1n) is 5.53. The number of rotatable bonds is 6. The summed E-state index contributed by atoms with van der Waals surface area (Å²) >= 11 is 1.55. The Labute approximate surface area is 110 Å². The van der Waals surface area contributed by atoms with E-state index in [2.05, 4.69) is 4.74 Å². The van der Waals surface area contributed by atoms with E-state index in [-0.39, 0.29) is 17.6 Å². The van der Waals surface area contributed by atoms with Gasteiger partial charge in [0, 0.05) is 11.0 Å². The average molecular weight is 268 g/mol. The second kappa shape index (κ2) is 7.06. The summed E-state index contributed by atoms with van der Waals surface area (Å²) in [5.74, 6) is -0.474. The third kappa shape index (κ3) is 4.79. The van der Waals surface area contributed by atoms with E-state index >= 15 is 0 Å². The number of benzene rings is 1. The van der Waals surface area contributed by atoms with Crippen LogP contribution in [0.25, 0.3) is 0 Å². The number of ether oxygens (including phenoxy) is 1. The van der Waals surface area contributed by atoms with Gasteiger partial charge in [0.25, 0.3) is 0 Å². The Hall–Kier alpha value is -1.49. The first-order chi connectivity index (χ1) is 8.52. The molecule has 0 radical (unpaired) electrons. The largest absolute Gasteiger partial charge is 0.481 e. The maximum absolute atomic E-state index is 11.3. The highest BCUT2D eigenvalue weighted by molar-refractivity contribution is 7.99. The van der Waals surface area contributed by atoms with Crippen molar-refractivity contribution in [3.8, 4) is 0 Å². The minimum absolute atomic E-state index is 0.0456. The van der Waals surface area contributed by atoms with Crippen LogP contribution in [-0.4, -0.2) is 29.4 Å². The van der Waals surface area contributed by atoms with Gasteiger partial charge in [-0.05, 0) is 17.7 Å². The van der Waals surface area contributed by atoms with Gasteiger partial charge in [0.1, 0.15) is 0 Å². The van der Waals surface area contributed by atoms with Gasteiger partial charge in [-0.25, -0.2) is 4.79 Å². The summed E-state index contributed by atoms with van der Waals surface area (Å²) in [5, 5.41) is 8.70. The van der Waals surface area contributed by atoms with Gasteiger partial charge >= 0.3 is 11.9 Å². The van der Waals surface area contributed by atoms with Crippen LogP contribution >= 0.6 is 11.8 Å². The minimum atomic E-state index is -0.793. The molecule has 1 aromatic carbocycles. The molecule has 1 N–H and O–H groups in total. The topological polar surface area (TPSA) is 63.6 Å². The van der Waals surface area contributed by atoms with E-state index in [0.29, 0.717) is 11.3 Å². The van der Waals surface area contributed by atoms with E-state index in [1.165, 1.54) is 7.11 Å². The number of carbonyl (C=O) groups excluding carboxylic acids is 1. The molecule has 1 rings (SSSR count). The molecule has 0 heterocycles. The molecule has 0 aliphatic carbocycles. The molecule has 0 saturated heterocycles. The van der Waals surface area contributed by atoms with Crippen LogP contribution in [0, 0.1) is 0 Å². The zero-order valence-electron chi connectivity index (χ0n) is 10.4. The van der Waals surface area contributed by atoms with Crippen molar-refractivity contribution in [3.63, 3.8) is 0 Å². The van der Waals surface area contributed by atoms with Crippen LogP contribution in [0.1, 0.15) is 29.3 Å². The van der Waals surface area contributed by atoms with Crippen molar-refractivity contribution in [1.82, 2.24) is 0 Å². The minimum Gasteiger partial charge on any atom is -0.481 e. The molecule has 0 aromatic heterocycles. The number of carboxylic acids is 1. The Kier molecular flexibility index (Phi) is 5.71. The lowest BCUT2D eigenvalue weighted by Gasteiger charge is -2.09. The van der Waals surface area contributed by atoms with Crippen LogP contribution in [-0.2, 0) is 15.3 Å². The molecule has 0 spiro atoms. The molecule has 0 aliphatic rings. The van der Waals surface area contributed by atoms with E-state index in [0.717, 1.165) is 5.56 Å². The summed E-state index contributed by atoms with van der Waals surface area (Å²) < 4.78 is 4.65. The van der Waals surface area contributed by atoms with Crippen LogP contribution in [0.3, 0.4) is 0 Å². The Morgan fingerprint density at radius 3 is 2.78 bits per heavy atom. The lowest BCUT2D eigenvalue weighted by Crippen LogP contribution is -2.06. The highest BCUT2D eigenvalue weighted by Crippen LogP contribution is 2.20. The molecule has 18 heavy (non-hydrogen) atoms. The molecule has 0 bridgehead atoms. The highest BCUT2D eigenvalue weighted by Gasteiger charge is 2.09. The maximum Gasteiger partial charge on any atom is 0.337 e. The number of aliphatic carboxylic acids is 1. The van der Waals surface area contributed by atoms with Gasteiger partial charge in [0.05, 0.1) is 19.1 Å². The Morgan fingerprint density at radius 2 is 2.17 bits per heavy atom. The van der Waals surface area contributed by atoms with Crippen LogP contribution in [0.5, 0.6) is 0 Å². The first kappa shape index (κ1) is 14.6. The van der Waals surface area contributed by atoms with Crippen molar-refractivity contribution in [2.45, 2.75) is 24.3 Å². The lowest BCUT2D eigenvalue weighted by atomic mass is 10.1. The summed E-state index contributed by atoms with van der Waals surface area (Å²) in [6.07, 6.45) is 0.140. The van der Waals surface area contributed by atoms with Crippen LogP contribution in [0.4, 0.5) is 0 Å². The van der Waals surface area contributed by atoms with Gasteiger partial charge in [0.2, 0.25) is 0 Å². The molecule has 4 nitrogen and oxygen atoms in total. The summed E-state index contributed by atoms with van der Waals surface area (Å²) in [7, 11) is 1.35. The van der Waals surface area contributed by atoms with Crippen molar-refractivity contribution in [3.05, 3.63) is 35.4 Å². The van der Waals surface area contributed by atoms with Gasteiger partial charge in [-0.2, -0.15) is 11.8 Å². The Morgan fingerprint density at radius 1 is 1.44 bits per heavy atom. The SMILES string of the molecule is COC(=O)c1cccc(CSC(C)CC(=O)O)c1. The molecule has 0 fully saturated rings. The third-order valence-corrected chi connectivity index (χ3v) is 3.58. The second-order valence-corrected chi connectivity index (χ2v) is 5.34. The van der Waals surface area contributed by atoms with Crippen molar-refractivity contribution in [2.75, 3.05) is 7.11 Å². The molecular formula is C13H16O4S. The molecule has 0 amide bonds. The number of esters is 1. The van der Waals surface area contributed by atoms with Gasteiger partial charge in [-0.15, -0.1) is 0 Å². The molecule has 5 heteroatoms. The fourth-order valence-electron chi connectivity index (χ4n) is 1.45. The number of hydrogen-bond donors (Lipinski definition) is 1. The van der Waals surface area contributed by atoms with Crippen LogP contribution in [0.2, 0.25) is 0 Å². The zero-order chi connectivity index (χ0) is 13.5. The van der Waals surface area contributed by atoms with E-state index in [1.54, 1.807) is 30.0 Å². The third-order valence-electron chi connectivity index (χ3n) is 2.34. The van der Waals surface area contributed by atoms with Crippen LogP contribution in [0.15, 0.2) is 24.3 Å². The van der Waals surface area contributed by atoms with E-state index < -0.39 is 5.97 Å². The van der Waals surface area contributed by atoms with Gasteiger partial charge in [0.15, 0.2) is 0 Å². The molecule has 1 aromatic rings. The molecule has 0 aliphatic heterocycles. The van der Waals surface area contributed by atoms with E-state index in [9.17, 15) is 9.59 Å². The summed E-state index contributed by atoms with van der Waals surface area (Å²) in [5.41, 5.74) is 1.50. The summed E-state index contributed by atoms with van der Waals surface area (Å²) in [6, 6.07) is 7.17. The van der Waals surface area contributed by atoms with E-state index in [1.807, 2.05) is 13.0 Å². The van der Waals surface area contributed by atoms with Gasteiger partial charge in [-0.3, -0.25) is 4.79 Å². The van der Waals surface area contributed by atoms with Crippen molar-refractivity contribution in [1.29, 1.82) is 0 Å². The number of carboxylic acid groups (broad SMARTS) is 1.